The summed E-state index contributed by atoms with van der Waals surface area (Å²) in [6.45, 7) is 5.92. The zero-order valence-corrected chi connectivity index (χ0v) is 19.7. The summed E-state index contributed by atoms with van der Waals surface area (Å²) in [5, 5.41) is 12.1. The lowest BCUT2D eigenvalue weighted by Gasteiger charge is -2.05. The monoisotopic (exact) mass is 465 g/mol. The van der Waals surface area contributed by atoms with Gasteiger partial charge in [-0.2, -0.15) is 5.10 Å². The molecule has 0 aromatic carbocycles. The Balaban J connectivity index is 1.44. The van der Waals surface area contributed by atoms with Crippen LogP contribution in [-0.4, -0.2) is 36.7 Å². The van der Waals surface area contributed by atoms with Gasteiger partial charge in [-0.15, -0.1) is 11.3 Å². The highest BCUT2D eigenvalue weighted by Crippen LogP contribution is 2.36. The second-order valence-electron chi connectivity index (χ2n) is 8.24. The fraction of sp³-hybridized carbons (Fsp3) is 0.154. The Kier molecular flexibility index (Phi) is 5.16. The van der Waals surface area contributed by atoms with Gasteiger partial charge in [0.1, 0.15) is 16.9 Å². The largest absolute Gasteiger partial charge is 0.338 e. The van der Waals surface area contributed by atoms with E-state index in [0.29, 0.717) is 0 Å². The first-order valence-corrected chi connectivity index (χ1v) is 12.1. The maximum atomic E-state index is 4.96. The molecule has 0 saturated heterocycles. The van der Waals surface area contributed by atoms with Gasteiger partial charge in [-0.25, -0.2) is 9.97 Å². The molecule has 3 N–H and O–H groups in total. The third-order valence-electron chi connectivity index (χ3n) is 5.87. The van der Waals surface area contributed by atoms with E-state index in [-0.39, 0.29) is 0 Å². The number of fused-ring (bicyclic) bond motifs is 2. The van der Waals surface area contributed by atoms with Crippen molar-refractivity contribution in [3.8, 4) is 33.1 Å². The molecule has 0 fully saturated rings. The van der Waals surface area contributed by atoms with E-state index in [1.807, 2.05) is 30.7 Å². The summed E-state index contributed by atoms with van der Waals surface area (Å²) in [7, 11) is 0. The Bertz CT molecular complexity index is 1630. The molecule has 0 saturated carbocycles. The first kappa shape index (κ1) is 20.7. The van der Waals surface area contributed by atoms with E-state index in [1.54, 1.807) is 11.3 Å². The number of pyridine rings is 3. The third-order valence-corrected chi connectivity index (χ3v) is 6.90. The van der Waals surface area contributed by atoms with Crippen LogP contribution < -0.4 is 5.32 Å². The molecule has 168 valence electrons. The van der Waals surface area contributed by atoms with Crippen LogP contribution in [0.3, 0.4) is 0 Å². The Morgan fingerprint density at radius 3 is 2.85 bits per heavy atom. The third kappa shape index (κ3) is 3.67. The molecule has 0 unspecified atom stereocenters. The lowest BCUT2D eigenvalue weighted by atomic mass is 10.1. The Morgan fingerprint density at radius 1 is 1.06 bits per heavy atom. The molecule has 0 radical (unpaired) electrons. The number of aromatic amines is 2. The summed E-state index contributed by atoms with van der Waals surface area (Å²) >= 11 is 1.78. The molecule has 8 heteroatoms. The summed E-state index contributed by atoms with van der Waals surface area (Å²) in [6, 6.07) is 14.7. The average molecular weight is 466 g/mol. The smallest absolute Gasteiger partial charge is 0.138 e. The van der Waals surface area contributed by atoms with Gasteiger partial charge in [0, 0.05) is 51.4 Å². The van der Waals surface area contributed by atoms with Crippen LogP contribution in [0.15, 0.2) is 61.1 Å². The van der Waals surface area contributed by atoms with Crippen LogP contribution in [0.2, 0.25) is 0 Å². The van der Waals surface area contributed by atoms with E-state index in [2.05, 4.69) is 74.6 Å². The SMILES string of the molecule is CCNCc1cncc(-c2ccc3[nH]nc(-c4cc5c(-c6ccc(C)s6)ccnc5[nH]4)c3n2)c1. The van der Waals surface area contributed by atoms with Crippen molar-refractivity contribution in [2.45, 2.75) is 20.4 Å². The van der Waals surface area contributed by atoms with Crippen molar-refractivity contribution < 1.29 is 0 Å². The highest BCUT2D eigenvalue weighted by molar-refractivity contribution is 7.15. The van der Waals surface area contributed by atoms with Crippen LogP contribution in [0.5, 0.6) is 0 Å². The average Bonchev–Trinajstić information content (AvgIpc) is 3.59. The quantitative estimate of drug-likeness (QED) is 0.293. The molecule has 6 aromatic rings. The van der Waals surface area contributed by atoms with Gasteiger partial charge < -0.3 is 10.3 Å². The minimum absolute atomic E-state index is 0.778. The van der Waals surface area contributed by atoms with Crippen LogP contribution in [0, 0.1) is 6.92 Å². The molecular weight excluding hydrogens is 442 g/mol. The number of nitrogens with zero attached hydrogens (tertiary/aromatic N) is 4. The van der Waals surface area contributed by atoms with Gasteiger partial charge in [0.2, 0.25) is 0 Å². The number of thiophene rings is 1. The highest BCUT2D eigenvalue weighted by Gasteiger charge is 2.16. The molecule has 0 aliphatic rings. The first-order valence-electron chi connectivity index (χ1n) is 11.2. The van der Waals surface area contributed by atoms with Crippen molar-refractivity contribution in [2.24, 2.45) is 0 Å². The molecule has 0 aliphatic heterocycles. The zero-order chi connectivity index (χ0) is 23.1. The molecule has 0 aliphatic carbocycles. The molecule has 0 atom stereocenters. The van der Waals surface area contributed by atoms with Crippen molar-refractivity contribution in [3.63, 3.8) is 0 Å². The Hall–Kier alpha value is -3.88. The summed E-state index contributed by atoms with van der Waals surface area (Å²) < 4.78 is 0. The number of hydrogen-bond acceptors (Lipinski definition) is 6. The first-order chi connectivity index (χ1) is 16.7. The number of nitrogens with one attached hydrogen (secondary N) is 3. The summed E-state index contributed by atoms with van der Waals surface area (Å²) in [4.78, 5) is 19.9. The number of H-pyrrole nitrogens is 2. The lowest BCUT2D eigenvalue weighted by molar-refractivity contribution is 0.724. The van der Waals surface area contributed by atoms with Gasteiger partial charge in [-0.3, -0.25) is 10.1 Å². The fourth-order valence-electron chi connectivity index (χ4n) is 4.19. The van der Waals surface area contributed by atoms with Crippen molar-refractivity contribution in [3.05, 3.63) is 71.5 Å². The molecule has 0 bridgehead atoms. The molecule has 34 heavy (non-hydrogen) atoms. The fourth-order valence-corrected chi connectivity index (χ4v) is 5.10. The van der Waals surface area contributed by atoms with E-state index in [1.165, 1.54) is 15.3 Å². The van der Waals surface area contributed by atoms with E-state index in [9.17, 15) is 0 Å². The van der Waals surface area contributed by atoms with E-state index >= 15 is 0 Å². The molecular formula is C26H23N7S. The second-order valence-corrected chi connectivity index (χ2v) is 9.53. The Labute approximate surface area is 200 Å². The van der Waals surface area contributed by atoms with Gasteiger partial charge >= 0.3 is 0 Å². The van der Waals surface area contributed by atoms with Gasteiger partial charge in [-0.1, -0.05) is 6.92 Å². The van der Waals surface area contributed by atoms with Crippen molar-refractivity contribution in [1.29, 1.82) is 0 Å². The van der Waals surface area contributed by atoms with Crippen LogP contribution in [-0.2, 0) is 6.54 Å². The van der Waals surface area contributed by atoms with Gasteiger partial charge in [0.25, 0.3) is 0 Å². The standard InChI is InChI=1S/C26H23N7S/c1-3-27-12-16-10-17(14-28-13-16)20-5-6-21-24(30-20)25(33-32-21)22-11-19-18(8-9-29-26(19)31-22)23-7-4-15(2)34-23/h4-11,13-14,27H,3,12H2,1-2H3,(H,29,31)(H,32,33). The summed E-state index contributed by atoms with van der Waals surface area (Å²) in [5.74, 6) is 0. The lowest BCUT2D eigenvalue weighted by Crippen LogP contribution is -2.11. The predicted octanol–water partition coefficient (Wildman–Crippen LogP) is 5.71. The van der Waals surface area contributed by atoms with Gasteiger partial charge in [0.05, 0.1) is 16.9 Å². The van der Waals surface area contributed by atoms with Crippen molar-refractivity contribution in [2.75, 3.05) is 6.54 Å². The minimum atomic E-state index is 0.778. The molecule has 0 spiro atoms. The second kappa shape index (κ2) is 8.48. The molecule has 7 nitrogen and oxygen atoms in total. The topological polar surface area (TPSA) is 95.2 Å². The number of aryl methyl sites for hydroxylation is 1. The zero-order valence-electron chi connectivity index (χ0n) is 18.9. The van der Waals surface area contributed by atoms with Crippen LogP contribution in [0.25, 0.3) is 55.2 Å². The van der Waals surface area contributed by atoms with Crippen LogP contribution in [0.4, 0.5) is 0 Å². The van der Waals surface area contributed by atoms with E-state index in [0.717, 1.165) is 63.4 Å². The summed E-state index contributed by atoms with van der Waals surface area (Å²) in [6.07, 6.45) is 5.59. The number of rotatable bonds is 6. The molecule has 0 amide bonds. The maximum Gasteiger partial charge on any atom is 0.138 e. The van der Waals surface area contributed by atoms with E-state index < -0.39 is 0 Å². The predicted molar refractivity (Wildman–Crippen MR) is 138 cm³/mol. The van der Waals surface area contributed by atoms with Crippen molar-refractivity contribution >= 4 is 33.4 Å². The van der Waals surface area contributed by atoms with Crippen molar-refractivity contribution in [1.82, 2.24) is 35.5 Å². The Morgan fingerprint density at radius 2 is 2.00 bits per heavy atom. The van der Waals surface area contributed by atoms with Gasteiger partial charge in [-0.05, 0) is 61.5 Å². The van der Waals surface area contributed by atoms with Crippen LogP contribution >= 0.6 is 11.3 Å². The normalized spacial score (nSPS) is 11.6. The van der Waals surface area contributed by atoms with Crippen LogP contribution in [0.1, 0.15) is 17.4 Å². The number of aromatic nitrogens is 6. The molecule has 6 rings (SSSR count). The highest BCUT2D eigenvalue weighted by atomic mass is 32.1. The minimum Gasteiger partial charge on any atom is -0.338 e. The molecule has 6 heterocycles. The maximum absolute atomic E-state index is 4.96. The number of hydrogen-bond donors (Lipinski definition) is 3. The van der Waals surface area contributed by atoms with E-state index in [4.69, 9.17) is 4.98 Å². The summed E-state index contributed by atoms with van der Waals surface area (Å²) in [5.41, 5.74) is 8.35. The molecule has 6 aromatic heterocycles. The van der Waals surface area contributed by atoms with Gasteiger partial charge in [0.15, 0.2) is 0 Å².